The largest absolute Gasteiger partial charge is 0.459 e. The molecule has 31 heavy (non-hydrogen) atoms. The van der Waals surface area contributed by atoms with Crippen LogP contribution in [0.3, 0.4) is 0 Å². The van der Waals surface area contributed by atoms with Gasteiger partial charge in [-0.2, -0.15) is 0 Å². The van der Waals surface area contributed by atoms with Gasteiger partial charge in [0.2, 0.25) is 5.91 Å². The van der Waals surface area contributed by atoms with E-state index in [1.165, 1.54) is 6.92 Å². The quantitative estimate of drug-likeness (QED) is 0.567. The number of ether oxygens (including phenoxy) is 2. The number of rotatable bonds is 10. The molecule has 2 aromatic carbocycles. The molecule has 2 amide bonds. The Bertz CT molecular complexity index is 840. The molecule has 0 aliphatic heterocycles. The summed E-state index contributed by atoms with van der Waals surface area (Å²) in [4.78, 5) is 37.1. The van der Waals surface area contributed by atoms with Gasteiger partial charge in [0.05, 0.1) is 0 Å². The first-order valence-electron chi connectivity index (χ1n) is 10.3. The van der Waals surface area contributed by atoms with Crippen LogP contribution in [0.2, 0.25) is 0 Å². The van der Waals surface area contributed by atoms with Crippen LogP contribution >= 0.6 is 0 Å². The Labute approximate surface area is 183 Å². The second kappa shape index (κ2) is 12.4. The van der Waals surface area contributed by atoms with Gasteiger partial charge in [-0.3, -0.25) is 4.79 Å². The molecule has 0 aliphatic rings. The Balaban J connectivity index is 1.84. The standard InChI is InChI=1S/C24H30N2O5/c1-17(2)14-21(23(28)30-15-19-10-6-4-7-11-19)26-22(27)18(3)25-24(29)31-16-20-12-8-5-9-13-20/h4-13,17-18,21H,14-16H2,1-3H3,(H,25,29)(H,26,27)/t18-,21+/m1/s1. The minimum atomic E-state index is -0.875. The van der Waals surface area contributed by atoms with Gasteiger partial charge in [0.25, 0.3) is 0 Å². The van der Waals surface area contributed by atoms with Crippen molar-refractivity contribution in [2.24, 2.45) is 5.92 Å². The van der Waals surface area contributed by atoms with E-state index in [1.54, 1.807) is 0 Å². The van der Waals surface area contributed by atoms with Crippen molar-refractivity contribution in [3.8, 4) is 0 Å². The fourth-order valence-corrected chi connectivity index (χ4v) is 2.82. The van der Waals surface area contributed by atoms with Crippen LogP contribution in [0.1, 0.15) is 38.3 Å². The molecule has 2 aromatic rings. The Morgan fingerprint density at radius 1 is 0.774 bits per heavy atom. The van der Waals surface area contributed by atoms with Gasteiger partial charge in [-0.1, -0.05) is 74.5 Å². The van der Waals surface area contributed by atoms with Crippen LogP contribution in [-0.4, -0.2) is 30.1 Å². The molecule has 0 radical (unpaired) electrons. The van der Waals surface area contributed by atoms with Gasteiger partial charge in [0.1, 0.15) is 25.3 Å². The lowest BCUT2D eigenvalue weighted by molar-refractivity contribution is -0.149. The van der Waals surface area contributed by atoms with E-state index in [1.807, 2.05) is 74.5 Å². The van der Waals surface area contributed by atoms with Crippen LogP contribution in [0.25, 0.3) is 0 Å². The first kappa shape index (κ1) is 23.9. The van der Waals surface area contributed by atoms with Gasteiger partial charge in [-0.05, 0) is 30.4 Å². The molecule has 0 aliphatic carbocycles. The zero-order valence-electron chi connectivity index (χ0n) is 18.2. The second-order valence-electron chi connectivity index (χ2n) is 7.71. The third kappa shape index (κ3) is 8.90. The Kier molecular flexibility index (Phi) is 9.55. The Hall–Kier alpha value is -3.35. The Morgan fingerprint density at radius 2 is 1.29 bits per heavy atom. The van der Waals surface area contributed by atoms with Crippen molar-refractivity contribution in [3.05, 3.63) is 71.8 Å². The normalized spacial score (nSPS) is 12.5. The second-order valence-corrected chi connectivity index (χ2v) is 7.71. The lowest BCUT2D eigenvalue weighted by atomic mass is 10.0. The highest BCUT2D eigenvalue weighted by Crippen LogP contribution is 2.09. The lowest BCUT2D eigenvalue weighted by Gasteiger charge is -2.22. The molecule has 0 saturated carbocycles. The number of benzene rings is 2. The van der Waals surface area contributed by atoms with Crippen LogP contribution < -0.4 is 10.6 Å². The highest BCUT2D eigenvalue weighted by molar-refractivity contribution is 5.89. The summed E-state index contributed by atoms with van der Waals surface area (Å²) in [6, 6.07) is 16.9. The summed E-state index contributed by atoms with van der Waals surface area (Å²) in [6.07, 6.45) is -0.288. The first-order chi connectivity index (χ1) is 14.8. The first-order valence-corrected chi connectivity index (χ1v) is 10.3. The molecular formula is C24H30N2O5. The topological polar surface area (TPSA) is 93.7 Å². The number of esters is 1. The SMILES string of the molecule is CC(C)C[C@H](NC(=O)[C@@H](C)NC(=O)OCc1ccccc1)C(=O)OCc1ccccc1. The zero-order chi connectivity index (χ0) is 22.6. The third-order valence-electron chi connectivity index (χ3n) is 4.47. The van der Waals surface area contributed by atoms with Gasteiger partial charge in [-0.15, -0.1) is 0 Å². The molecule has 7 heteroatoms. The van der Waals surface area contributed by atoms with Crippen LogP contribution in [0, 0.1) is 5.92 Å². The maximum atomic E-state index is 12.5. The molecule has 0 spiro atoms. The van der Waals surface area contributed by atoms with Crippen LogP contribution in [0.5, 0.6) is 0 Å². The van der Waals surface area contributed by atoms with Gasteiger partial charge in [0, 0.05) is 0 Å². The van der Waals surface area contributed by atoms with Crippen molar-refractivity contribution in [1.29, 1.82) is 0 Å². The van der Waals surface area contributed by atoms with Gasteiger partial charge in [0.15, 0.2) is 0 Å². The summed E-state index contributed by atoms with van der Waals surface area (Å²) in [5.74, 6) is -0.836. The summed E-state index contributed by atoms with van der Waals surface area (Å²) in [5.41, 5.74) is 1.70. The van der Waals surface area contributed by atoms with E-state index in [0.717, 1.165) is 11.1 Å². The maximum Gasteiger partial charge on any atom is 0.408 e. The van der Waals surface area contributed by atoms with E-state index < -0.39 is 30.1 Å². The fraction of sp³-hybridized carbons (Fsp3) is 0.375. The molecule has 0 heterocycles. The highest BCUT2D eigenvalue weighted by Gasteiger charge is 2.26. The average molecular weight is 427 g/mol. The molecule has 0 unspecified atom stereocenters. The van der Waals surface area contributed by atoms with E-state index >= 15 is 0 Å². The van der Waals surface area contributed by atoms with Crippen molar-refractivity contribution in [2.45, 2.75) is 52.5 Å². The number of amides is 2. The summed E-state index contributed by atoms with van der Waals surface area (Å²) >= 11 is 0. The van der Waals surface area contributed by atoms with Crippen molar-refractivity contribution >= 4 is 18.0 Å². The number of alkyl carbamates (subject to hydrolysis) is 1. The van der Waals surface area contributed by atoms with Gasteiger partial charge in [-0.25, -0.2) is 9.59 Å². The molecule has 2 rings (SSSR count). The third-order valence-corrected chi connectivity index (χ3v) is 4.47. The number of nitrogens with one attached hydrogen (secondary N) is 2. The lowest BCUT2D eigenvalue weighted by Crippen LogP contribution is -2.51. The Morgan fingerprint density at radius 3 is 1.81 bits per heavy atom. The number of carbonyl (C=O) groups excluding carboxylic acids is 3. The van der Waals surface area contributed by atoms with Crippen molar-refractivity contribution in [2.75, 3.05) is 0 Å². The number of carbonyl (C=O) groups is 3. The van der Waals surface area contributed by atoms with Crippen molar-refractivity contribution in [3.63, 3.8) is 0 Å². The molecule has 0 bridgehead atoms. The van der Waals surface area contributed by atoms with E-state index in [9.17, 15) is 14.4 Å². The predicted molar refractivity (Wildman–Crippen MR) is 117 cm³/mol. The maximum absolute atomic E-state index is 12.5. The summed E-state index contributed by atoms with van der Waals surface area (Å²) in [6.45, 7) is 5.66. The average Bonchev–Trinajstić information content (AvgIpc) is 2.76. The fourth-order valence-electron chi connectivity index (χ4n) is 2.82. The summed E-state index contributed by atoms with van der Waals surface area (Å²) < 4.78 is 10.5. The van der Waals surface area contributed by atoms with Crippen LogP contribution in [0.15, 0.2) is 60.7 Å². The van der Waals surface area contributed by atoms with Gasteiger partial charge >= 0.3 is 12.1 Å². The molecule has 7 nitrogen and oxygen atoms in total. The van der Waals surface area contributed by atoms with Crippen LogP contribution in [0.4, 0.5) is 4.79 Å². The smallest absolute Gasteiger partial charge is 0.408 e. The molecule has 166 valence electrons. The van der Waals surface area contributed by atoms with E-state index in [2.05, 4.69) is 10.6 Å². The molecular weight excluding hydrogens is 396 g/mol. The summed E-state index contributed by atoms with van der Waals surface area (Å²) in [5, 5.41) is 5.16. The molecule has 0 saturated heterocycles. The van der Waals surface area contributed by atoms with Crippen molar-refractivity contribution in [1.82, 2.24) is 10.6 Å². The minimum Gasteiger partial charge on any atom is -0.459 e. The molecule has 0 fully saturated rings. The monoisotopic (exact) mass is 426 g/mol. The zero-order valence-corrected chi connectivity index (χ0v) is 18.2. The van der Waals surface area contributed by atoms with E-state index in [4.69, 9.17) is 9.47 Å². The highest BCUT2D eigenvalue weighted by atomic mass is 16.5. The van der Waals surface area contributed by atoms with Crippen molar-refractivity contribution < 1.29 is 23.9 Å². The van der Waals surface area contributed by atoms with E-state index in [-0.39, 0.29) is 19.1 Å². The van der Waals surface area contributed by atoms with E-state index in [0.29, 0.717) is 6.42 Å². The minimum absolute atomic E-state index is 0.1000. The molecule has 0 aromatic heterocycles. The molecule has 2 N–H and O–H groups in total. The van der Waals surface area contributed by atoms with Gasteiger partial charge < -0.3 is 20.1 Å². The predicted octanol–water partition coefficient (Wildman–Crippen LogP) is 3.58. The molecule has 2 atom stereocenters. The summed E-state index contributed by atoms with van der Waals surface area (Å²) in [7, 11) is 0. The number of hydrogen-bond donors (Lipinski definition) is 2. The van der Waals surface area contributed by atoms with Crippen LogP contribution in [-0.2, 0) is 32.3 Å². The number of hydrogen-bond acceptors (Lipinski definition) is 5.